The summed E-state index contributed by atoms with van der Waals surface area (Å²) >= 11 is 5.59. The normalized spacial score (nSPS) is 13.9. The van der Waals surface area contributed by atoms with Gasteiger partial charge in [0.25, 0.3) is 0 Å². The first-order valence-electron chi connectivity index (χ1n) is 4.48. The summed E-state index contributed by atoms with van der Waals surface area (Å²) in [7, 11) is -3.20. The molecule has 0 saturated heterocycles. The summed E-state index contributed by atoms with van der Waals surface area (Å²) in [6, 6.07) is 3.03. The number of aliphatic imine (C=N–C) groups is 1. The Kier molecular flexibility index (Phi) is 4.26. The first-order chi connectivity index (χ1) is 7.39. The van der Waals surface area contributed by atoms with Crippen molar-refractivity contribution in [2.75, 3.05) is 11.6 Å². The third-order valence-electron chi connectivity index (χ3n) is 1.66. The first kappa shape index (κ1) is 12.9. The molecule has 16 heavy (non-hydrogen) atoms. The van der Waals surface area contributed by atoms with Gasteiger partial charge in [0.2, 0.25) is 0 Å². The summed E-state index contributed by atoms with van der Waals surface area (Å²) in [6.45, 7) is 1.72. The Morgan fingerprint density at radius 2 is 2.25 bits per heavy atom. The molecule has 7 heteroatoms. The molecule has 1 aromatic heterocycles. The van der Waals surface area contributed by atoms with Crippen molar-refractivity contribution in [1.82, 2.24) is 4.98 Å². The summed E-state index contributed by atoms with van der Waals surface area (Å²) in [4.78, 5) is 7.96. The highest BCUT2D eigenvalue weighted by molar-refractivity contribution is 7.90. The molecule has 0 aliphatic heterocycles. The average Bonchev–Trinajstić information content (AvgIpc) is 2.16. The number of rotatable bonds is 4. The lowest BCUT2D eigenvalue weighted by Gasteiger charge is -2.01. The van der Waals surface area contributed by atoms with Crippen LogP contribution < -0.4 is 5.32 Å². The van der Waals surface area contributed by atoms with Crippen molar-refractivity contribution in [3.63, 3.8) is 0 Å². The Morgan fingerprint density at radius 3 is 2.69 bits per heavy atom. The van der Waals surface area contributed by atoms with E-state index in [1.807, 2.05) is 0 Å². The lowest BCUT2D eigenvalue weighted by Crippen LogP contribution is -2.02. The monoisotopic (exact) mass is 261 g/mol. The summed E-state index contributed by atoms with van der Waals surface area (Å²) in [5.41, 5.74) is -0.317. The van der Waals surface area contributed by atoms with Crippen molar-refractivity contribution in [3.8, 4) is 0 Å². The van der Waals surface area contributed by atoms with Crippen LogP contribution in [0.3, 0.4) is 0 Å². The fraction of sp³-hybridized carbons (Fsp3) is 0.333. The number of nitrogens with zero attached hydrogens (tertiary/aromatic N) is 2. The van der Waals surface area contributed by atoms with Gasteiger partial charge in [-0.25, -0.2) is 13.4 Å². The van der Waals surface area contributed by atoms with Gasteiger partial charge in [-0.15, -0.1) is 0 Å². The zero-order valence-electron chi connectivity index (χ0n) is 8.88. The molecule has 0 fully saturated rings. The second kappa shape index (κ2) is 5.27. The van der Waals surface area contributed by atoms with Crippen LogP contribution in [0.1, 0.15) is 6.92 Å². The third kappa shape index (κ3) is 4.16. The minimum atomic E-state index is -3.20. The zero-order chi connectivity index (χ0) is 12.2. The lowest BCUT2D eigenvalue weighted by atomic mass is 10.5. The number of halogens is 1. The van der Waals surface area contributed by atoms with E-state index in [1.165, 1.54) is 18.6 Å². The van der Waals surface area contributed by atoms with Crippen LogP contribution in [-0.4, -0.2) is 31.5 Å². The molecule has 0 aliphatic rings. The summed E-state index contributed by atoms with van der Waals surface area (Å²) in [5, 5.41) is 2.77. The highest BCUT2D eigenvalue weighted by atomic mass is 35.5. The topological polar surface area (TPSA) is 71.4 Å². The third-order valence-corrected chi connectivity index (χ3v) is 2.87. The van der Waals surface area contributed by atoms with Crippen LogP contribution in [0.2, 0.25) is 0 Å². The molecular formula is C9H12ClN3O2S. The molecule has 0 bridgehead atoms. The molecule has 0 spiro atoms. The van der Waals surface area contributed by atoms with Crippen molar-refractivity contribution >= 4 is 33.6 Å². The molecule has 0 amide bonds. The van der Waals surface area contributed by atoms with Crippen molar-refractivity contribution in [2.45, 2.75) is 17.3 Å². The number of sulfone groups is 1. The number of nitrogens with one attached hydrogen (secondary N) is 1. The Labute approximate surface area is 99.5 Å². The SMILES string of the molecule is CC(Cl)N=CNc1ccc(S(C)(=O)=O)cn1. The molecule has 0 saturated carbocycles. The Balaban J connectivity index is 2.73. The maximum Gasteiger partial charge on any atom is 0.177 e. The van der Waals surface area contributed by atoms with Crippen LogP contribution >= 0.6 is 11.6 Å². The fourth-order valence-electron chi connectivity index (χ4n) is 0.891. The van der Waals surface area contributed by atoms with Crippen molar-refractivity contribution in [1.29, 1.82) is 0 Å². The summed E-state index contributed by atoms with van der Waals surface area (Å²) < 4.78 is 22.3. The van der Waals surface area contributed by atoms with Gasteiger partial charge in [-0.2, -0.15) is 0 Å². The van der Waals surface area contributed by atoms with Crippen LogP contribution in [0.15, 0.2) is 28.2 Å². The van der Waals surface area contributed by atoms with Gasteiger partial charge in [0.05, 0.1) is 11.2 Å². The largest absolute Gasteiger partial charge is 0.331 e. The number of anilines is 1. The van der Waals surface area contributed by atoms with E-state index in [9.17, 15) is 8.42 Å². The van der Waals surface area contributed by atoms with Gasteiger partial charge in [0.1, 0.15) is 11.3 Å². The summed E-state index contributed by atoms with van der Waals surface area (Å²) in [5.74, 6) is 0.508. The van der Waals surface area contributed by atoms with E-state index in [2.05, 4.69) is 15.3 Å². The molecular weight excluding hydrogens is 250 g/mol. The van der Waals surface area contributed by atoms with E-state index in [-0.39, 0.29) is 10.4 Å². The predicted octanol–water partition coefficient (Wildman–Crippen LogP) is 1.51. The molecule has 1 rings (SSSR count). The standard InChI is InChI=1S/C9H12ClN3O2S/c1-7(10)12-6-13-9-4-3-8(5-11-9)16(2,14)15/h3-7H,1-2H3,(H,11,12,13). The first-order valence-corrected chi connectivity index (χ1v) is 6.81. The minimum absolute atomic E-state index is 0.181. The molecule has 1 heterocycles. The highest BCUT2D eigenvalue weighted by Gasteiger charge is 2.06. The second-order valence-corrected chi connectivity index (χ2v) is 5.80. The van der Waals surface area contributed by atoms with Gasteiger partial charge in [0.15, 0.2) is 9.84 Å². The van der Waals surface area contributed by atoms with Crippen LogP contribution in [0.25, 0.3) is 0 Å². The van der Waals surface area contributed by atoms with Crippen LogP contribution in [0.5, 0.6) is 0 Å². The van der Waals surface area contributed by atoms with Gasteiger partial charge in [-0.05, 0) is 19.1 Å². The van der Waals surface area contributed by atoms with E-state index in [4.69, 9.17) is 11.6 Å². The average molecular weight is 262 g/mol. The molecule has 1 unspecified atom stereocenters. The van der Waals surface area contributed by atoms with E-state index in [0.29, 0.717) is 5.82 Å². The van der Waals surface area contributed by atoms with Crippen LogP contribution in [0, 0.1) is 0 Å². The predicted molar refractivity (Wildman–Crippen MR) is 64.8 cm³/mol. The van der Waals surface area contributed by atoms with Crippen LogP contribution in [0.4, 0.5) is 5.82 Å². The van der Waals surface area contributed by atoms with Gasteiger partial charge in [0, 0.05) is 12.5 Å². The quantitative estimate of drug-likeness (QED) is 0.386. The van der Waals surface area contributed by atoms with Crippen LogP contribution in [-0.2, 0) is 9.84 Å². The van der Waals surface area contributed by atoms with E-state index < -0.39 is 9.84 Å². The van der Waals surface area contributed by atoms with Gasteiger partial charge >= 0.3 is 0 Å². The molecule has 88 valence electrons. The Morgan fingerprint density at radius 1 is 1.56 bits per heavy atom. The molecule has 1 N–H and O–H groups in total. The maximum atomic E-state index is 11.1. The number of hydrogen-bond donors (Lipinski definition) is 1. The van der Waals surface area contributed by atoms with E-state index >= 15 is 0 Å². The molecule has 0 radical (unpaired) electrons. The van der Waals surface area contributed by atoms with Gasteiger partial charge in [-0.1, -0.05) is 11.6 Å². The highest BCUT2D eigenvalue weighted by Crippen LogP contribution is 2.09. The molecule has 0 aliphatic carbocycles. The maximum absolute atomic E-state index is 11.1. The zero-order valence-corrected chi connectivity index (χ0v) is 10.5. The molecule has 1 aromatic rings. The number of aromatic nitrogens is 1. The Hall–Kier alpha value is -1.14. The van der Waals surface area contributed by atoms with E-state index in [1.54, 1.807) is 13.0 Å². The fourth-order valence-corrected chi connectivity index (χ4v) is 1.51. The molecule has 1 atom stereocenters. The number of hydrogen-bond acceptors (Lipinski definition) is 4. The van der Waals surface area contributed by atoms with E-state index in [0.717, 1.165) is 6.26 Å². The lowest BCUT2D eigenvalue weighted by molar-refractivity contribution is 0.601. The smallest absolute Gasteiger partial charge is 0.177 e. The number of alkyl halides is 1. The van der Waals surface area contributed by atoms with Gasteiger partial charge in [-0.3, -0.25) is 4.99 Å². The van der Waals surface area contributed by atoms with Crippen molar-refractivity contribution < 1.29 is 8.42 Å². The minimum Gasteiger partial charge on any atom is -0.331 e. The molecule has 5 nitrogen and oxygen atoms in total. The summed E-state index contributed by atoms with van der Waals surface area (Å²) in [6.07, 6.45) is 3.84. The Bertz CT molecular complexity index is 468. The number of pyridine rings is 1. The molecule has 0 aromatic carbocycles. The van der Waals surface area contributed by atoms with Gasteiger partial charge < -0.3 is 5.32 Å². The van der Waals surface area contributed by atoms with Crippen molar-refractivity contribution in [3.05, 3.63) is 18.3 Å². The second-order valence-electron chi connectivity index (χ2n) is 3.15. The van der Waals surface area contributed by atoms with Crippen molar-refractivity contribution in [2.24, 2.45) is 4.99 Å².